The summed E-state index contributed by atoms with van der Waals surface area (Å²) in [6, 6.07) is 1.71. The number of amides is 2. The summed E-state index contributed by atoms with van der Waals surface area (Å²) < 4.78 is 7.54. The monoisotopic (exact) mass is 334 g/mol. The summed E-state index contributed by atoms with van der Waals surface area (Å²) in [6.07, 6.45) is 4.98. The summed E-state index contributed by atoms with van der Waals surface area (Å²) in [4.78, 5) is 25.9. The Balaban J connectivity index is 1.47. The average molecular weight is 334 g/mol. The number of aromatic nitrogens is 2. The van der Waals surface area contributed by atoms with Crippen LogP contribution < -0.4 is 5.32 Å². The third-order valence-corrected chi connectivity index (χ3v) is 5.17. The standard InChI is InChI=1S/C17H26N4O3/c1-3-4-15(22)21-11-17(12-21)13(7-10-24-17)5-8-18-16(23)14-6-9-19-20(14)2/h6,9,13H,3-5,7-8,10-12H2,1-2H3,(H,18,23)/t13-/m0/s1. The molecule has 1 N–H and O–H groups in total. The maximum Gasteiger partial charge on any atom is 0.269 e. The van der Waals surface area contributed by atoms with Crippen molar-refractivity contribution in [2.45, 2.75) is 38.2 Å². The molecular weight excluding hydrogens is 308 g/mol. The van der Waals surface area contributed by atoms with Gasteiger partial charge < -0.3 is 15.0 Å². The van der Waals surface area contributed by atoms with Crippen molar-refractivity contribution in [3.05, 3.63) is 18.0 Å². The van der Waals surface area contributed by atoms with E-state index in [0.29, 0.717) is 37.7 Å². The Morgan fingerprint density at radius 3 is 2.92 bits per heavy atom. The lowest BCUT2D eigenvalue weighted by Crippen LogP contribution is -2.66. The van der Waals surface area contributed by atoms with E-state index in [2.05, 4.69) is 10.4 Å². The van der Waals surface area contributed by atoms with Crippen LogP contribution in [0.4, 0.5) is 0 Å². The summed E-state index contributed by atoms with van der Waals surface area (Å²) in [5.41, 5.74) is 0.382. The highest BCUT2D eigenvalue weighted by molar-refractivity contribution is 5.92. The second-order valence-corrected chi connectivity index (χ2v) is 6.78. The normalized spacial score (nSPS) is 21.8. The zero-order valence-electron chi connectivity index (χ0n) is 14.5. The van der Waals surface area contributed by atoms with Crippen LogP contribution in [-0.2, 0) is 16.6 Å². The van der Waals surface area contributed by atoms with Gasteiger partial charge in [-0.25, -0.2) is 0 Å². The van der Waals surface area contributed by atoms with Gasteiger partial charge in [-0.2, -0.15) is 5.10 Å². The van der Waals surface area contributed by atoms with Crippen molar-refractivity contribution in [3.63, 3.8) is 0 Å². The maximum atomic E-state index is 12.1. The SMILES string of the molecule is CCCC(=O)N1CC2(C1)OCC[C@@H]2CCNC(=O)c1ccnn1C. The largest absolute Gasteiger partial charge is 0.371 e. The molecular formula is C17H26N4O3. The van der Waals surface area contributed by atoms with Crippen LogP contribution in [0.15, 0.2) is 12.3 Å². The average Bonchev–Trinajstić information content (AvgIpc) is 3.12. The first-order chi connectivity index (χ1) is 11.6. The van der Waals surface area contributed by atoms with Gasteiger partial charge in [0.25, 0.3) is 5.91 Å². The van der Waals surface area contributed by atoms with Crippen LogP contribution in [0.25, 0.3) is 0 Å². The van der Waals surface area contributed by atoms with E-state index in [1.807, 2.05) is 11.8 Å². The van der Waals surface area contributed by atoms with E-state index >= 15 is 0 Å². The number of carbonyl (C=O) groups excluding carboxylic acids is 2. The Hall–Kier alpha value is -1.89. The summed E-state index contributed by atoms with van der Waals surface area (Å²) in [6.45, 7) is 4.78. The number of nitrogens with one attached hydrogen (secondary N) is 1. The molecule has 3 heterocycles. The lowest BCUT2D eigenvalue weighted by molar-refractivity contribution is -0.165. The van der Waals surface area contributed by atoms with Crippen molar-refractivity contribution < 1.29 is 14.3 Å². The van der Waals surface area contributed by atoms with Crippen molar-refractivity contribution in [2.75, 3.05) is 26.2 Å². The van der Waals surface area contributed by atoms with Crippen LogP contribution in [0.5, 0.6) is 0 Å². The van der Waals surface area contributed by atoms with Gasteiger partial charge >= 0.3 is 0 Å². The summed E-state index contributed by atoms with van der Waals surface area (Å²) >= 11 is 0. The minimum Gasteiger partial charge on any atom is -0.371 e. The molecule has 0 aromatic carbocycles. The van der Waals surface area contributed by atoms with Gasteiger partial charge in [-0.1, -0.05) is 6.92 Å². The van der Waals surface area contributed by atoms with Gasteiger partial charge in [0.05, 0.1) is 13.1 Å². The van der Waals surface area contributed by atoms with Gasteiger partial charge in [0.2, 0.25) is 5.91 Å². The van der Waals surface area contributed by atoms with Gasteiger partial charge in [0.15, 0.2) is 0 Å². The molecule has 2 aliphatic heterocycles. The zero-order valence-corrected chi connectivity index (χ0v) is 14.5. The lowest BCUT2D eigenvalue weighted by Gasteiger charge is -2.50. The highest BCUT2D eigenvalue weighted by Gasteiger charge is 2.53. The van der Waals surface area contributed by atoms with Crippen LogP contribution in [0, 0.1) is 5.92 Å². The van der Waals surface area contributed by atoms with Crippen LogP contribution in [0.1, 0.15) is 43.1 Å². The Morgan fingerprint density at radius 2 is 2.25 bits per heavy atom. The first-order valence-electron chi connectivity index (χ1n) is 8.73. The van der Waals surface area contributed by atoms with Crippen molar-refractivity contribution in [1.82, 2.24) is 20.0 Å². The van der Waals surface area contributed by atoms with Gasteiger partial charge in [0, 0.05) is 32.8 Å². The number of nitrogens with zero attached hydrogens (tertiary/aromatic N) is 3. The minimum absolute atomic E-state index is 0.101. The highest BCUT2D eigenvalue weighted by Crippen LogP contribution is 2.41. The molecule has 3 rings (SSSR count). The molecule has 0 radical (unpaired) electrons. The van der Waals surface area contributed by atoms with E-state index in [4.69, 9.17) is 4.74 Å². The van der Waals surface area contributed by atoms with E-state index in [1.165, 1.54) is 0 Å². The number of aryl methyl sites for hydroxylation is 1. The first-order valence-corrected chi connectivity index (χ1v) is 8.73. The van der Waals surface area contributed by atoms with Crippen LogP contribution in [0.2, 0.25) is 0 Å². The van der Waals surface area contributed by atoms with Crippen molar-refractivity contribution in [3.8, 4) is 0 Å². The molecule has 1 spiro atoms. The molecule has 2 aliphatic rings. The molecule has 2 fully saturated rings. The van der Waals surface area contributed by atoms with E-state index in [1.54, 1.807) is 24.0 Å². The topological polar surface area (TPSA) is 76.5 Å². The van der Waals surface area contributed by atoms with Crippen molar-refractivity contribution >= 4 is 11.8 Å². The molecule has 0 aliphatic carbocycles. The van der Waals surface area contributed by atoms with Crippen LogP contribution in [0.3, 0.4) is 0 Å². The molecule has 132 valence electrons. The zero-order chi connectivity index (χ0) is 17.2. The molecule has 7 nitrogen and oxygen atoms in total. The molecule has 2 amide bonds. The van der Waals surface area contributed by atoms with Gasteiger partial charge in [-0.15, -0.1) is 0 Å². The third kappa shape index (κ3) is 3.17. The predicted octanol–water partition coefficient (Wildman–Crippen LogP) is 0.958. The fraction of sp³-hybridized carbons (Fsp3) is 0.706. The fourth-order valence-electron chi connectivity index (χ4n) is 3.74. The molecule has 2 saturated heterocycles. The Morgan fingerprint density at radius 1 is 1.46 bits per heavy atom. The fourth-order valence-corrected chi connectivity index (χ4v) is 3.74. The Bertz CT molecular complexity index is 607. The molecule has 0 saturated carbocycles. The van der Waals surface area contributed by atoms with Gasteiger partial charge in [-0.05, 0) is 31.2 Å². The molecule has 7 heteroatoms. The number of likely N-dealkylation sites (tertiary alicyclic amines) is 1. The van der Waals surface area contributed by atoms with Gasteiger partial charge in [-0.3, -0.25) is 14.3 Å². The smallest absolute Gasteiger partial charge is 0.269 e. The number of hydrogen-bond donors (Lipinski definition) is 1. The second kappa shape index (κ2) is 6.93. The molecule has 0 bridgehead atoms. The molecule has 1 atom stereocenters. The van der Waals surface area contributed by atoms with Crippen LogP contribution in [-0.4, -0.2) is 58.3 Å². The number of ether oxygens (including phenoxy) is 1. The number of hydrogen-bond acceptors (Lipinski definition) is 4. The van der Waals surface area contributed by atoms with Crippen molar-refractivity contribution in [2.24, 2.45) is 13.0 Å². The van der Waals surface area contributed by atoms with E-state index in [0.717, 1.165) is 25.9 Å². The molecule has 24 heavy (non-hydrogen) atoms. The number of rotatable bonds is 6. The summed E-state index contributed by atoms with van der Waals surface area (Å²) in [5, 5.41) is 6.96. The van der Waals surface area contributed by atoms with Crippen LogP contribution >= 0.6 is 0 Å². The Kier molecular flexibility index (Phi) is 4.89. The lowest BCUT2D eigenvalue weighted by atomic mass is 9.78. The minimum atomic E-state index is -0.180. The third-order valence-electron chi connectivity index (χ3n) is 5.17. The highest BCUT2D eigenvalue weighted by atomic mass is 16.5. The molecule has 0 unspecified atom stereocenters. The Labute approximate surface area is 142 Å². The van der Waals surface area contributed by atoms with E-state index < -0.39 is 0 Å². The number of carbonyl (C=O) groups is 2. The molecule has 1 aromatic heterocycles. The second-order valence-electron chi connectivity index (χ2n) is 6.78. The maximum absolute atomic E-state index is 12.1. The molecule has 1 aromatic rings. The van der Waals surface area contributed by atoms with E-state index in [-0.39, 0.29) is 17.4 Å². The summed E-state index contributed by atoms with van der Waals surface area (Å²) in [5.74, 6) is 0.522. The van der Waals surface area contributed by atoms with Crippen molar-refractivity contribution in [1.29, 1.82) is 0 Å². The predicted molar refractivity (Wildman–Crippen MR) is 88.4 cm³/mol. The first kappa shape index (κ1) is 17.0. The van der Waals surface area contributed by atoms with Gasteiger partial charge in [0.1, 0.15) is 11.3 Å². The quantitative estimate of drug-likeness (QED) is 0.841. The summed E-state index contributed by atoms with van der Waals surface area (Å²) in [7, 11) is 1.75. The van der Waals surface area contributed by atoms with E-state index in [9.17, 15) is 9.59 Å².